The maximum Gasteiger partial charge on any atom is 0.0399 e. The number of likely N-dealkylation sites (N-methyl/N-ethyl adjacent to an activating group) is 1. The summed E-state index contributed by atoms with van der Waals surface area (Å²) in [6.45, 7) is 7.39. The molecule has 0 unspecified atom stereocenters. The number of fused-ring (bicyclic) bond motifs is 1. The lowest BCUT2D eigenvalue weighted by molar-refractivity contribution is 0.955. The fraction of sp³-hybridized carbons (Fsp3) is 0.538. The second kappa shape index (κ2) is 5.04. The molecule has 1 aromatic rings. The summed E-state index contributed by atoms with van der Waals surface area (Å²) in [5.74, 6) is 0. The second-order valence-corrected chi connectivity index (χ2v) is 3.49. The van der Waals surface area contributed by atoms with Crippen LogP contribution in [0.25, 0.3) is 0 Å². The molecule has 0 radical (unpaired) electrons. The van der Waals surface area contributed by atoms with E-state index in [2.05, 4.69) is 37.1 Å². The first-order chi connectivity index (χ1) is 6.81. The van der Waals surface area contributed by atoms with Crippen molar-refractivity contribution < 1.29 is 0 Å². The number of aryl methyl sites for hydroxylation is 1. The third-order valence-corrected chi connectivity index (χ3v) is 2.69. The summed E-state index contributed by atoms with van der Waals surface area (Å²) in [6.07, 6.45) is 2.36. The number of benzene rings is 1. The van der Waals surface area contributed by atoms with Crippen LogP contribution < -0.4 is 4.90 Å². The Hall–Kier alpha value is -0.980. The molecule has 0 amide bonds. The largest absolute Gasteiger partial charge is 0.374 e. The predicted octanol–water partition coefficient (Wildman–Crippen LogP) is 3.27. The van der Waals surface area contributed by atoms with Crippen LogP contribution in [-0.4, -0.2) is 13.6 Å². The first-order valence-corrected chi connectivity index (χ1v) is 5.64. The van der Waals surface area contributed by atoms with Gasteiger partial charge in [0.25, 0.3) is 0 Å². The molecule has 0 N–H and O–H groups in total. The summed E-state index contributed by atoms with van der Waals surface area (Å²) in [6, 6.07) is 6.85. The minimum Gasteiger partial charge on any atom is -0.374 e. The van der Waals surface area contributed by atoms with Crippen molar-refractivity contribution in [3.8, 4) is 0 Å². The second-order valence-electron chi connectivity index (χ2n) is 3.49. The van der Waals surface area contributed by atoms with E-state index in [-0.39, 0.29) is 0 Å². The fourth-order valence-electron chi connectivity index (χ4n) is 1.80. The van der Waals surface area contributed by atoms with E-state index in [9.17, 15) is 0 Å². The van der Waals surface area contributed by atoms with E-state index >= 15 is 0 Å². The Morgan fingerprint density at radius 1 is 1.29 bits per heavy atom. The Bertz CT molecular complexity index is 291. The Morgan fingerprint density at radius 3 is 2.64 bits per heavy atom. The van der Waals surface area contributed by atoms with E-state index in [1.54, 1.807) is 0 Å². The van der Waals surface area contributed by atoms with E-state index < -0.39 is 0 Å². The van der Waals surface area contributed by atoms with Gasteiger partial charge in [0, 0.05) is 19.3 Å². The van der Waals surface area contributed by atoms with Gasteiger partial charge in [-0.05, 0) is 30.0 Å². The maximum absolute atomic E-state index is 2.34. The van der Waals surface area contributed by atoms with E-state index in [1.807, 2.05) is 13.8 Å². The highest BCUT2D eigenvalue weighted by Crippen LogP contribution is 2.27. The molecule has 0 saturated carbocycles. The number of nitrogens with zero attached hydrogens (tertiary/aromatic N) is 1. The number of hydrogen-bond acceptors (Lipinski definition) is 1. The van der Waals surface area contributed by atoms with Crippen molar-refractivity contribution in [1.82, 2.24) is 0 Å². The molecule has 1 heteroatoms. The average molecular weight is 191 g/mol. The first kappa shape index (κ1) is 11.1. The van der Waals surface area contributed by atoms with Crippen molar-refractivity contribution in [2.45, 2.75) is 33.6 Å². The molecule has 1 aliphatic heterocycles. The number of hydrogen-bond donors (Lipinski definition) is 0. The molecule has 0 aromatic heterocycles. The number of anilines is 1. The van der Waals surface area contributed by atoms with Gasteiger partial charge in [0.05, 0.1) is 0 Å². The third-order valence-electron chi connectivity index (χ3n) is 2.69. The zero-order valence-corrected chi connectivity index (χ0v) is 9.80. The van der Waals surface area contributed by atoms with Gasteiger partial charge < -0.3 is 4.90 Å². The molecule has 0 bridgehead atoms. The van der Waals surface area contributed by atoms with Crippen LogP contribution in [0.3, 0.4) is 0 Å². The van der Waals surface area contributed by atoms with Gasteiger partial charge in [-0.3, -0.25) is 0 Å². The SMILES string of the molecule is CC.CCc1ccc2c(c1)N(C)CC2. The summed E-state index contributed by atoms with van der Waals surface area (Å²) in [7, 11) is 2.17. The third kappa shape index (κ3) is 2.09. The van der Waals surface area contributed by atoms with Gasteiger partial charge in [0.2, 0.25) is 0 Å². The van der Waals surface area contributed by atoms with Gasteiger partial charge >= 0.3 is 0 Å². The molecular formula is C13H21N. The molecule has 0 spiro atoms. The molecule has 0 fully saturated rings. The lowest BCUT2D eigenvalue weighted by atomic mass is 10.1. The molecule has 0 atom stereocenters. The summed E-state index contributed by atoms with van der Waals surface area (Å²) >= 11 is 0. The molecule has 0 saturated heterocycles. The predicted molar refractivity (Wildman–Crippen MR) is 64.1 cm³/mol. The van der Waals surface area contributed by atoms with Crippen molar-refractivity contribution in [2.75, 3.05) is 18.5 Å². The Balaban J connectivity index is 0.000000461. The normalized spacial score (nSPS) is 13.3. The zero-order valence-electron chi connectivity index (χ0n) is 9.80. The Kier molecular flexibility index (Phi) is 3.99. The van der Waals surface area contributed by atoms with E-state index in [0.29, 0.717) is 0 Å². The van der Waals surface area contributed by atoms with Crippen LogP contribution in [0.5, 0.6) is 0 Å². The molecule has 2 rings (SSSR count). The first-order valence-electron chi connectivity index (χ1n) is 5.64. The molecule has 0 aliphatic carbocycles. The Labute approximate surface area is 87.7 Å². The van der Waals surface area contributed by atoms with Crippen molar-refractivity contribution in [1.29, 1.82) is 0 Å². The zero-order chi connectivity index (χ0) is 10.6. The van der Waals surface area contributed by atoms with Gasteiger partial charge in [0.15, 0.2) is 0 Å². The van der Waals surface area contributed by atoms with Crippen LogP contribution in [0, 0.1) is 0 Å². The number of rotatable bonds is 1. The lowest BCUT2D eigenvalue weighted by Gasteiger charge is -2.12. The summed E-state index contributed by atoms with van der Waals surface area (Å²) in [5.41, 5.74) is 4.39. The van der Waals surface area contributed by atoms with Gasteiger partial charge in [-0.1, -0.05) is 32.9 Å². The monoisotopic (exact) mass is 191 g/mol. The van der Waals surface area contributed by atoms with Crippen molar-refractivity contribution in [2.24, 2.45) is 0 Å². The van der Waals surface area contributed by atoms with Crippen LogP contribution in [0.1, 0.15) is 31.9 Å². The van der Waals surface area contributed by atoms with E-state index in [4.69, 9.17) is 0 Å². The van der Waals surface area contributed by atoms with Crippen molar-refractivity contribution in [3.63, 3.8) is 0 Å². The molecule has 78 valence electrons. The minimum atomic E-state index is 1.14. The summed E-state index contributed by atoms with van der Waals surface area (Å²) < 4.78 is 0. The van der Waals surface area contributed by atoms with Crippen LogP contribution >= 0.6 is 0 Å². The average Bonchev–Trinajstić information content (AvgIpc) is 2.63. The summed E-state index contributed by atoms with van der Waals surface area (Å²) in [5, 5.41) is 0. The fourth-order valence-corrected chi connectivity index (χ4v) is 1.80. The highest BCUT2D eigenvalue weighted by molar-refractivity contribution is 5.58. The lowest BCUT2D eigenvalue weighted by Crippen LogP contribution is -2.12. The van der Waals surface area contributed by atoms with Crippen LogP contribution in [0.2, 0.25) is 0 Å². The van der Waals surface area contributed by atoms with E-state index in [1.165, 1.54) is 29.8 Å². The van der Waals surface area contributed by atoms with Gasteiger partial charge in [-0.2, -0.15) is 0 Å². The molecular weight excluding hydrogens is 170 g/mol. The van der Waals surface area contributed by atoms with Gasteiger partial charge in [0.1, 0.15) is 0 Å². The molecule has 14 heavy (non-hydrogen) atoms. The highest BCUT2D eigenvalue weighted by atomic mass is 15.1. The molecule has 1 heterocycles. The highest BCUT2D eigenvalue weighted by Gasteiger charge is 2.14. The van der Waals surface area contributed by atoms with E-state index in [0.717, 1.165) is 6.42 Å². The molecule has 1 nitrogen and oxygen atoms in total. The van der Waals surface area contributed by atoms with Crippen LogP contribution in [0.15, 0.2) is 18.2 Å². The summed E-state index contributed by atoms with van der Waals surface area (Å²) in [4.78, 5) is 2.34. The van der Waals surface area contributed by atoms with Gasteiger partial charge in [-0.25, -0.2) is 0 Å². The minimum absolute atomic E-state index is 1.14. The Morgan fingerprint density at radius 2 is 2.00 bits per heavy atom. The molecule has 1 aliphatic rings. The van der Waals surface area contributed by atoms with Crippen molar-refractivity contribution in [3.05, 3.63) is 29.3 Å². The standard InChI is InChI=1S/C11H15N.C2H6/c1-3-9-4-5-10-6-7-12(2)11(10)8-9;1-2/h4-5,8H,3,6-7H2,1-2H3;1-2H3. The molecule has 1 aromatic carbocycles. The van der Waals surface area contributed by atoms with Crippen molar-refractivity contribution >= 4 is 5.69 Å². The van der Waals surface area contributed by atoms with Crippen LogP contribution in [-0.2, 0) is 12.8 Å². The van der Waals surface area contributed by atoms with Gasteiger partial charge in [-0.15, -0.1) is 0 Å². The smallest absolute Gasteiger partial charge is 0.0399 e. The maximum atomic E-state index is 2.34. The van der Waals surface area contributed by atoms with Crippen LogP contribution in [0.4, 0.5) is 5.69 Å². The topological polar surface area (TPSA) is 3.24 Å². The quantitative estimate of drug-likeness (QED) is 0.658.